The van der Waals surface area contributed by atoms with Crippen molar-refractivity contribution < 1.29 is 14.3 Å². The molecule has 0 saturated carbocycles. The van der Waals surface area contributed by atoms with Crippen LogP contribution in [0.4, 0.5) is 5.13 Å². The molecule has 30 heavy (non-hydrogen) atoms. The van der Waals surface area contributed by atoms with Gasteiger partial charge in [0.25, 0.3) is 5.91 Å². The number of thiazole rings is 1. The number of anilines is 1. The number of carbonyl (C=O) groups excluding carboxylic acids is 2. The number of amides is 2. The first-order chi connectivity index (χ1) is 14.5. The lowest BCUT2D eigenvalue weighted by molar-refractivity contribution is -0.119. The fraction of sp³-hybridized carbons (Fsp3) is 0.450. The SMILES string of the molecule is O=C(Nc1nc(CN2CCOCC2)cs1)C1CCCN1C(=O)c1ccc(Cl)c(Cl)c1. The highest BCUT2D eigenvalue weighted by Gasteiger charge is 2.35. The Kier molecular flexibility index (Phi) is 6.90. The van der Waals surface area contributed by atoms with E-state index in [2.05, 4.69) is 15.2 Å². The summed E-state index contributed by atoms with van der Waals surface area (Å²) in [4.78, 5) is 34.2. The number of likely N-dealkylation sites (tertiary alicyclic amines) is 1. The standard InChI is InChI=1S/C20H22Cl2N4O3S/c21-15-4-3-13(10-16(15)22)19(28)26-5-1-2-17(26)18(27)24-20-23-14(12-30-20)11-25-6-8-29-9-7-25/h3-4,10,12,17H,1-2,5-9,11H2,(H,23,24,27). The second kappa shape index (κ2) is 9.62. The molecule has 3 heterocycles. The van der Waals surface area contributed by atoms with Crippen LogP contribution < -0.4 is 5.32 Å². The van der Waals surface area contributed by atoms with Crippen molar-refractivity contribution in [3.8, 4) is 0 Å². The Bertz CT molecular complexity index is 933. The number of nitrogens with one attached hydrogen (secondary N) is 1. The smallest absolute Gasteiger partial charge is 0.254 e. The lowest BCUT2D eigenvalue weighted by atomic mass is 10.1. The van der Waals surface area contributed by atoms with E-state index >= 15 is 0 Å². The molecule has 1 aromatic heterocycles. The van der Waals surface area contributed by atoms with Crippen LogP contribution in [0.1, 0.15) is 28.9 Å². The van der Waals surface area contributed by atoms with Crippen molar-refractivity contribution in [3.63, 3.8) is 0 Å². The number of nitrogens with zero attached hydrogens (tertiary/aromatic N) is 3. The molecule has 1 aromatic carbocycles. The number of rotatable bonds is 5. The molecule has 2 amide bonds. The lowest BCUT2D eigenvalue weighted by Crippen LogP contribution is -2.43. The molecule has 1 N–H and O–H groups in total. The molecule has 160 valence electrons. The Morgan fingerprint density at radius 2 is 2.00 bits per heavy atom. The van der Waals surface area contributed by atoms with Crippen LogP contribution in [0.5, 0.6) is 0 Å². The van der Waals surface area contributed by atoms with Crippen LogP contribution in [0.15, 0.2) is 23.6 Å². The largest absolute Gasteiger partial charge is 0.379 e. The van der Waals surface area contributed by atoms with E-state index in [-0.39, 0.29) is 11.8 Å². The molecule has 2 aromatic rings. The molecule has 2 fully saturated rings. The number of hydrogen-bond donors (Lipinski definition) is 1. The summed E-state index contributed by atoms with van der Waals surface area (Å²) in [6, 6.07) is 4.23. The molecule has 2 saturated heterocycles. The van der Waals surface area contributed by atoms with Gasteiger partial charge in [0.1, 0.15) is 6.04 Å². The fourth-order valence-corrected chi connectivity index (χ4v) is 4.69. The summed E-state index contributed by atoms with van der Waals surface area (Å²) >= 11 is 13.4. The van der Waals surface area contributed by atoms with Crippen LogP contribution >= 0.6 is 34.5 Å². The quantitative estimate of drug-likeness (QED) is 0.726. The zero-order valence-corrected chi connectivity index (χ0v) is 18.6. The molecule has 2 aliphatic rings. The molecular weight excluding hydrogens is 447 g/mol. The maximum Gasteiger partial charge on any atom is 0.254 e. The highest BCUT2D eigenvalue weighted by atomic mass is 35.5. The van der Waals surface area contributed by atoms with Crippen LogP contribution in [-0.2, 0) is 16.1 Å². The van der Waals surface area contributed by atoms with Crippen molar-refractivity contribution in [2.45, 2.75) is 25.4 Å². The summed E-state index contributed by atoms with van der Waals surface area (Å²) in [6.45, 7) is 4.49. The maximum absolute atomic E-state index is 12.9. The fourth-order valence-electron chi connectivity index (χ4n) is 3.69. The van der Waals surface area contributed by atoms with Gasteiger partial charge in [0.05, 0.1) is 29.0 Å². The van der Waals surface area contributed by atoms with Crippen LogP contribution in [0.25, 0.3) is 0 Å². The highest BCUT2D eigenvalue weighted by molar-refractivity contribution is 7.13. The second-order valence-corrected chi connectivity index (χ2v) is 8.98. The van der Waals surface area contributed by atoms with Gasteiger partial charge < -0.3 is 15.0 Å². The molecule has 4 rings (SSSR count). The van der Waals surface area contributed by atoms with E-state index in [0.29, 0.717) is 33.7 Å². The minimum atomic E-state index is -0.529. The molecular formula is C20H22Cl2N4O3S. The van der Waals surface area contributed by atoms with E-state index in [9.17, 15) is 9.59 Å². The summed E-state index contributed by atoms with van der Waals surface area (Å²) < 4.78 is 5.36. The first-order valence-corrected chi connectivity index (χ1v) is 11.5. The van der Waals surface area contributed by atoms with Crippen LogP contribution in [0, 0.1) is 0 Å². The average molecular weight is 469 g/mol. The second-order valence-electron chi connectivity index (χ2n) is 7.31. The normalized spacial score (nSPS) is 19.8. The predicted octanol–water partition coefficient (Wildman–Crippen LogP) is 3.53. The zero-order chi connectivity index (χ0) is 21.1. The summed E-state index contributed by atoms with van der Waals surface area (Å²) in [5.41, 5.74) is 1.35. The summed E-state index contributed by atoms with van der Waals surface area (Å²) in [5.74, 6) is -0.438. The predicted molar refractivity (Wildman–Crippen MR) is 117 cm³/mol. The summed E-state index contributed by atoms with van der Waals surface area (Å²) in [5, 5.41) is 6.10. The number of aromatic nitrogens is 1. The van der Waals surface area contributed by atoms with E-state index in [0.717, 1.165) is 45.0 Å². The molecule has 7 nitrogen and oxygen atoms in total. The van der Waals surface area contributed by atoms with Gasteiger partial charge in [-0.2, -0.15) is 0 Å². The number of halogens is 2. The molecule has 0 spiro atoms. The topological polar surface area (TPSA) is 74.8 Å². The molecule has 0 bridgehead atoms. The van der Waals surface area contributed by atoms with Crippen molar-refractivity contribution in [2.24, 2.45) is 0 Å². The van der Waals surface area contributed by atoms with Gasteiger partial charge in [-0.25, -0.2) is 4.98 Å². The van der Waals surface area contributed by atoms with Gasteiger partial charge >= 0.3 is 0 Å². The molecule has 0 aliphatic carbocycles. The van der Waals surface area contributed by atoms with Crippen molar-refractivity contribution in [2.75, 3.05) is 38.2 Å². The van der Waals surface area contributed by atoms with Crippen LogP contribution in [0.2, 0.25) is 10.0 Å². The third-order valence-electron chi connectivity index (χ3n) is 5.25. The van der Waals surface area contributed by atoms with Gasteiger partial charge in [0.2, 0.25) is 5.91 Å². The Labute approximate surface area is 188 Å². The van der Waals surface area contributed by atoms with E-state index in [4.69, 9.17) is 27.9 Å². The lowest BCUT2D eigenvalue weighted by Gasteiger charge is -2.25. The van der Waals surface area contributed by atoms with Crippen molar-refractivity contribution in [1.29, 1.82) is 0 Å². The number of morpholine rings is 1. The molecule has 10 heteroatoms. The van der Waals surface area contributed by atoms with Gasteiger partial charge in [0, 0.05) is 37.1 Å². The Hall–Kier alpha value is -1.71. The van der Waals surface area contributed by atoms with Crippen molar-refractivity contribution in [1.82, 2.24) is 14.8 Å². The first-order valence-electron chi connectivity index (χ1n) is 9.82. The summed E-state index contributed by atoms with van der Waals surface area (Å²) in [7, 11) is 0. The monoisotopic (exact) mass is 468 g/mol. The van der Waals surface area contributed by atoms with E-state index in [1.807, 2.05) is 5.38 Å². The van der Waals surface area contributed by atoms with E-state index in [1.54, 1.807) is 17.0 Å². The number of benzene rings is 1. The average Bonchev–Trinajstić information content (AvgIpc) is 3.40. The molecule has 1 atom stereocenters. The Morgan fingerprint density at radius 1 is 1.20 bits per heavy atom. The van der Waals surface area contributed by atoms with E-state index in [1.165, 1.54) is 17.4 Å². The van der Waals surface area contributed by atoms with Gasteiger partial charge in [-0.3, -0.25) is 14.5 Å². The third kappa shape index (κ3) is 4.95. The van der Waals surface area contributed by atoms with Gasteiger partial charge in [-0.15, -0.1) is 11.3 Å². The van der Waals surface area contributed by atoms with Crippen LogP contribution in [0.3, 0.4) is 0 Å². The van der Waals surface area contributed by atoms with Gasteiger partial charge in [0.15, 0.2) is 5.13 Å². The van der Waals surface area contributed by atoms with E-state index < -0.39 is 6.04 Å². The van der Waals surface area contributed by atoms with Gasteiger partial charge in [-0.1, -0.05) is 23.2 Å². The van der Waals surface area contributed by atoms with Gasteiger partial charge in [-0.05, 0) is 31.0 Å². The number of carbonyl (C=O) groups is 2. The first kappa shape index (κ1) is 21.5. The van der Waals surface area contributed by atoms with Crippen LogP contribution in [-0.4, -0.2) is 65.5 Å². The van der Waals surface area contributed by atoms with Crippen molar-refractivity contribution in [3.05, 3.63) is 44.9 Å². The molecule has 1 unspecified atom stereocenters. The zero-order valence-electron chi connectivity index (χ0n) is 16.3. The Morgan fingerprint density at radius 3 is 2.77 bits per heavy atom. The highest BCUT2D eigenvalue weighted by Crippen LogP contribution is 2.27. The minimum absolute atomic E-state index is 0.215. The minimum Gasteiger partial charge on any atom is -0.379 e. The third-order valence-corrected chi connectivity index (χ3v) is 6.80. The maximum atomic E-state index is 12.9. The van der Waals surface area contributed by atoms with Crippen molar-refractivity contribution >= 4 is 51.5 Å². The number of ether oxygens (including phenoxy) is 1. The number of hydrogen-bond acceptors (Lipinski definition) is 6. The molecule has 0 radical (unpaired) electrons. The summed E-state index contributed by atoms with van der Waals surface area (Å²) in [6.07, 6.45) is 1.39. The Balaban J connectivity index is 1.39. The molecule has 2 aliphatic heterocycles.